The first kappa shape index (κ1) is 15.8. The summed E-state index contributed by atoms with van der Waals surface area (Å²) in [7, 11) is 3.17. The molecule has 1 atom stereocenters. The molecule has 112 valence electrons. The Bertz CT molecular complexity index is 637. The van der Waals surface area contributed by atoms with E-state index in [1.165, 1.54) is 12.1 Å². The predicted octanol–water partition coefficient (Wildman–Crippen LogP) is 3.16. The third-order valence-electron chi connectivity index (χ3n) is 3.19. The van der Waals surface area contributed by atoms with E-state index in [9.17, 15) is 4.39 Å². The maximum Gasteiger partial charge on any atom is 0.124 e. The Labute approximate surface area is 131 Å². The van der Waals surface area contributed by atoms with E-state index in [1.807, 2.05) is 6.07 Å². The molecule has 2 aromatic carbocycles. The molecule has 6 heteroatoms. The maximum absolute atomic E-state index is 13.3. The summed E-state index contributed by atoms with van der Waals surface area (Å²) >= 11 is 3.36. The quantitative estimate of drug-likeness (QED) is 0.639. The lowest BCUT2D eigenvalue weighted by atomic mass is 9.98. The second-order valence-corrected chi connectivity index (χ2v) is 5.23. The highest BCUT2D eigenvalue weighted by atomic mass is 79.9. The summed E-state index contributed by atoms with van der Waals surface area (Å²) in [5, 5.41) is 0. The summed E-state index contributed by atoms with van der Waals surface area (Å²) in [6, 6.07) is 9.52. The summed E-state index contributed by atoms with van der Waals surface area (Å²) < 4.78 is 24.5. The monoisotopic (exact) mass is 354 g/mol. The minimum Gasteiger partial charge on any atom is -0.497 e. The van der Waals surface area contributed by atoms with Crippen LogP contribution in [0.4, 0.5) is 4.39 Å². The zero-order valence-corrected chi connectivity index (χ0v) is 13.3. The van der Waals surface area contributed by atoms with Crippen molar-refractivity contribution in [2.45, 2.75) is 6.04 Å². The summed E-state index contributed by atoms with van der Waals surface area (Å²) in [5.74, 6) is 6.72. The fraction of sp³-hybridized carbons (Fsp3) is 0.200. The molecule has 0 fully saturated rings. The maximum atomic E-state index is 13.3. The van der Waals surface area contributed by atoms with Crippen molar-refractivity contribution in [3.8, 4) is 11.5 Å². The van der Waals surface area contributed by atoms with Crippen molar-refractivity contribution in [1.29, 1.82) is 0 Å². The van der Waals surface area contributed by atoms with Gasteiger partial charge in [0.15, 0.2) is 0 Å². The van der Waals surface area contributed by atoms with Crippen molar-refractivity contribution >= 4 is 15.9 Å². The first-order chi connectivity index (χ1) is 10.1. The van der Waals surface area contributed by atoms with Gasteiger partial charge < -0.3 is 9.47 Å². The summed E-state index contributed by atoms with van der Waals surface area (Å²) in [4.78, 5) is 0. The van der Waals surface area contributed by atoms with Crippen LogP contribution in [0, 0.1) is 5.82 Å². The molecular weight excluding hydrogens is 339 g/mol. The fourth-order valence-electron chi connectivity index (χ4n) is 2.15. The fourth-order valence-corrected chi connectivity index (χ4v) is 2.73. The van der Waals surface area contributed by atoms with Gasteiger partial charge in [-0.15, -0.1) is 0 Å². The lowest BCUT2D eigenvalue weighted by Crippen LogP contribution is -2.29. The molecule has 21 heavy (non-hydrogen) atoms. The van der Waals surface area contributed by atoms with Gasteiger partial charge in [-0.25, -0.2) is 9.82 Å². The summed E-state index contributed by atoms with van der Waals surface area (Å²) in [5.41, 5.74) is 4.33. The van der Waals surface area contributed by atoms with Crippen molar-refractivity contribution in [2.75, 3.05) is 14.2 Å². The van der Waals surface area contributed by atoms with Crippen molar-refractivity contribution in [3.05, 3.63) is 57.8 Å². The molecule has 0 aromatic heterocycles. The van der Waals surface area contributed by atoms with Crippen LogP contribution in [-0.4, -0.2) is 14.2 Å². The predicted molar refractivity (Wildman–Crippen MR) is 82.8 cm³/mol. The molecule has 1 unspecified atom stereocenters. The van der Waals surface area contributed by atoms with E-state index in [2.05, 4.69) is 21.4 Å². The zero-order chi connectivity index (χ0) is 15.4. The van der Waals surface area contributed by atoms with Crippen molar-refractivity contribution in [1.82, 2.24) is 5.43 Å². The standard InChI is InChI=1S/C15H16BrFN2O2/c1-20-10-4-6-14(21-2)12(8-10)15(19-18)11-5-3-9(17)7-13(11)16/h3-8,15,19H,18H2,1-2H3. The number of nitrogens with two attached hydrogens (primary N) is 1. The smallest absolute Gasteiger partial charge is 0.124 e. The highest BCUT2D eigenvalue weighted by molar-refractivity contribution is 9.10. The molecule has 0 saturated carbocycles. The van der Waals surface area contributed by atoms with Crippen LogP contribution in [0.25, 0.3) is 0 Å². The third-order valence-corrected chi connectivity index (χ3v) is 3.87. The molecular formula is C15H16BrFN2O2. The third kappa shape index (κ3) is 3.34. The SMILES string of the molecule is COc1ccc(OC)c(C(NN)c2ccc(F)cc2Br)c1. The molecule has 0 bridgehead atoms. The zero-order valence-electron chi connectivity index (χ0n) is 11.7. The first-order valence-electron chi connectivity index (χ1n) is 6.23. The van der Waals surface area contributed by atoms with Gasteiger partial charge in [-0.1, -0.05) is 22.0 Å². The molecule has 3 N–H and O–H groups in total. The van der Waals surface area contributed by atoms with Crippen LogP contribution >= 0.6 is 15.9 Å². The Hall–Kier alpha value is -1.63. The van der Waals surface area contributed by atoms with Gasteiger partial charge in [0.2, 0.25) is 0 Å². The van der Waals surface area contributed by atoms with Crippen LogP contribution in [-0.2, 0) is 0 Å². The van der Waals surface area contributed by atoms with E-state index < -0.39 is 0 Å². The molecule has 0 aliphatic heterocycles. The molecule has 0 spiro atoms. The summed E-state index contributed by atoms with van der Waals surface area (Å²) in [6.45, 7) is 0. The van der Waals surface area contributed by atoms with E-state index in [4.69, 9.17) is 15.3 Å². The Morgan fingerprint density at radius 2 is 1.86 bits per heavy atom. The average molecular weight is 355 g/mol. The molecule has 0 saturated heterocycles. The highest BCUT2D eigenvalue weighted by Crippen LogP contribution is 2.35. The van der Waals surface area contributed by atoms with Crippen molar-refractivity contribution < 1.29 is 13.9 Å². The molecule has 2 aromatic rings. The van der Waals surface area contributed by atoms with Crippen LogP contribution in [0.5, 0.6) is 11.5 Å². The van der Waals surface area contributed by atoms with E-state index in [0.29, 0.717) is 16.0 Å². The molecule has 4 nitrogen and oxygen atoms in total. The number of hydrogen-bond donors (Lipinski definition) is 2. The van der Waals surface area contributed by atoms with Gasteiger partial charge in [-0.3, -0.25) is 5.84 Å². The Kier molecular flexibility index (Phi) is 5.17. The van der Waals surface area contributed by atoms with Gasteiger partial charge in [0.05, 0.1) is 20.3 Å². The molecule has 0 amide bonds. The van der Waals surface area contributed by atoms with Gasteiger partial charge in [0, 0.05) is 10.0 Å². The molecule has 2 rings (SSSR count). The first-order valence-corrected chi connectivity index (χ1v) is 7.03. The number of hydrogen-bond acceptors (Lipinski definition) is 4. The molecule has 0 aliphatic carbocycles. The number of hydrazine groups is 1. The Balaban J connectivity index is 2.54. The van der Waals surface area contributed by atoms with Crippen LogP contribution in [0.15, 0.2) is 40.9 Å². The number of halogens is 2. The van der Waals surface area contributed by atoms with E-state index in [0.717, 1.165) is 11.1 Å². The molecule has 0 heterocycles. The number of methoxy groups -OCH3 is 2. The number of benzene rings is 2. The van der Waals surface area contributed by atoms with Crippen LogP contribution < -0.4 is 20.7 Å². The Morgan fingerprint density at radius 1 is 1.10 bits per heavy atom. The van der Waals surface area contributed by atoms with E-state index >= 15 is 0 Å². The second kappa shape index (κ2) is 6.89. The molecule has 0 aliphatic rings. The topological polar surface area (TPSA) is 56.5 Å². The lowest BCUT2D eigenvalue weighted by Gasteiger charge is -2.21. The Morgan fingerprint density at radius 3 is 2.43 bits per heavy atom. The van der Waals surface area contributed by atoms with E-state index in [-0.39, 0.29) is 11.9 Å². The minimum atomic E-state index is -0.370. The van der Waals surface area contributed by atoms with Gasteiger partial charge in [-0.2, -0.15) is 0 Å². The molecule has 0 radical (unpaired) electrons. The number of nitrogens with one attached hydrogen (secondary N) is 1. The normalized spacial score (nSPS) is 12.0. The highest BCUT2D eigenvalue weighted by Gasteiger charge is 2.20. The average Bonchev–Trinajstić information content (AvgIpc) is 2.49. The van der Waals surface area contributed by atoms with Gasteiger partial charge in [0.1, 0.15) is 17.3 Å². The lowest BCUT2D eigenvalue weighted by molar-refractivity contribution is 0.394. The van der Waals surface area contributed by atoms with Crippen LogP contribution in [0.2, 0.25) is 0 Å². The van der Waals surface area contributed by atoms with Crippen LogP contribution in [0.3, 0.4) is 0 Å². The number of rotatable bonds is 5. The number of ether oxygens (including phenoxy) is 2. The van der Waals surface area contributed by atoms with Crippen LogP contribution in [0.1, 0.15) is 17.2 Å². The van der Waals surface area contributed by atoms with Gasteiger partial charge in [0.25, 0.3) is 0 Å². The van der Waals surface area contributed by atoms with Crippen molar-refractivity contribution in [3.63, 3.8) is 0 Å². The van der Waals surface area contributed by atoms with Crippen molar-refractivity contribution in [2.24, 2.45) is 5.84 Å². The second-order valence-electron chi connectivity index (χ2n) is 4.37. The minimum absolute atomic E-state index is 0.320. The van der Waals surface area contributed by atoms with Gasteiger partial charge in [-0.05, 0) is 35.9 Å². The van der Waals surface area contributed by atoms with Gasteiger partial charge >= 0.3 is 0 Å². The van der Waals surface area contributed by atoms with E-state index in [1.54, 1.807) is 32.4 Å². The largest absolute Gasteiger partial charge is 0.497 e. The summed E-state index contributed by atoms with van der Waals surface area (Å²) in [6.07, 6.45) is 0.